The van der Waals surface area contributed by atoms with Crippen LogP contribution < -0.4 is 15.0 Å². The number of halogens is 1. The van der Waals surface area contributed by atoms with Gasteiger partial charge in [0.25, 0.3) is 5.56 Å². The van der Waals surface area contributed by atoms with E-state index in [1.165, 1.54) is 16.6 Å². The third kappa shape index (κ3) is 3.30. The highest BCUT2D eigenvalue weighted by atomic mass is 32.2. The number of aromatic nitrogens is 4. The molecule has 0 radical (unpaired) electrons. The van der Waals surface area contributed by atoms with Crippen molar-refractivity contribution in [1.82, 2.24) is 19.8 Å². The van der Waals surface area contributed by atoms with Gasteiger partial charge in [-0.25, -0.2) is 14.0 Å². The van der Waals surface area contributed by atoms with Gasteiger partial charge in [-0.05, 0) is 48.5 Å². The average Bonchev–Trinajstić information content (AvgIpc) is 3.41. The zero-order valence-corrected chi connectivity index (χ0v) is 16.1. The lowest BCUT2D eigenvalue weighted by atomic mass is 10.1. The van der Waals surface area contributed by atoms with Crippen molar-refractivity contribution in [2.75, 3.05) is 12.5 Å². The fourth-order valence-corrected chi connectivity index (χ4v) is 3.83. The van der Waals surface area contributed by atoms with Crippen LogP contribution in [0.25, 0.3) is 16.8 Å². The fourth-order valence-electron chi connectivity index (χ4n) is 3.03. The first-order chi connectivity index (χ1) is 14.6. The molecule has 0 saturated heterocycles. The second-order valence-electron chi connectivity index (χ2n) is 6.45. The molecule has 3 heterocycles. The molecule has 2 aromatic carbocycles. The van der Waals surface area contributed by atoms with Gasteiger partial charge in [0, 0.05) is 11.1 Å². The van der Waals surface area contributed by atoms with E-state index < -0.39 is 5.56 Å². The largest absolute Gasteiger partial charge is 0.454 e. The maximum Gasteiger partial charge on any atom is 0.290 e. The van der Waals surface area contributed by atoms with Gasteiger partial charge in [-0.15, -0.1) is 5.10 Å². The Labute approximate surface area is 172 Å². The highest BCUT2D eigenvalue weighted by Gasteiger charge is 2.18. The monoisotopic (exact) mass is 424 g/mol. The molecule has 0 aliphatic carbocycles. The van der Waals surface area contributed by atoms with Crippen LogP contribution in [0.5, 0.6) is 11.5 Å². The molecule has 0 bridgehead atoms. The molecule has 1 N–H and O–H groups in total. The van der Waals surface area contributed by atoms with Crippen LogP contribution in [-0.4, -0.2) is 38.1 Å². The van der Waals surface area contributed by atoms with Crippen LogP contribution in [-0.2, 0) is 0 Å². The van der Waals surface area contributed by atoms with Gasteiger partial charge >= 0.3 is 0 Å². The molecular formula is C20H13FN4O4S. The average molecular weight is 424 g/mol. The summed E-state index contributed by atoms with van der Waals surface area (Å²) in [6.45, 7) is 0.136. The number of aromatic amines is 1. The van der Waals surface area contributed by atoms with Crippen LogP contribution in [0, 0.1) is 5.82 Å². The molecule has 4 aromatic rings. The molecule has 8 nitrogen and oxygen atoms in total. The number of nitrogens with zero attached hydrogens (tertiary/aromatic N) is 3. The van der Waals surface area contributed by atoms with E-state index in [9.17, 15) is 14.0 Å². The van der Waals surface area contributed by atoms with E-state index in [0.717, 1.165) is 11.8 Å². The van der Waals surface area contributed by atoms with Crippen molar-refractivity contribution < 1.29 is 18.7 Å². The maximum atomic E-state index is 13.2. The lowest BCUT2D eigenvalue weighted by molar-refractivity contribution is 0.102. The van der Waals surface area contributed by atoms with Gasteiger partial charge in [-0.3, -0.25) is 9.59 Å². The Kier molecular flexibility index (Phi) is 4.47. The number of Topliss-reactive ketones (excluding diaryl/α,β-unsaturated/α-hetero) is 1. The minimum absolute atomic E-state index is 0.0829. The first-order valence-electron chi connectivity index (χ1n) is 8.88. The third-order valence-corrected chi connectivity index (χ3v) is 5.47. The quantitative estimate of drug-likeness (QED) is 0.388. The van der Waals surface area contributed by atoms with Gasteiger partial charge in [-0.1, -0.05) is 11.8 Å². The number of rotatable bonds is 5. The molecule has 150 valence electrons. The van der Waals surface area contributed by atoms with Crippen molar-refractivity contribution in [2.45, 2.75) is 5.16 Å². The van der Waals surface area contributed by atoms with E-state index in [0.29, 0.717) is 33.5 Å². The highest BCUT2D eigenvalue weighted by Crippen LogP contribution is 2.33. The van der Waals surface area contributed by atoms with E-state index in [1.807, 2.05) is 0 Å². The summed E-state index contributed by atoms with van der Waals surface area (Å²) in [5.41, 5.74) is 1.51. The Morgan fingerprint density at radius 2 is 1.93 bits per heavy atom. The summed E-state index contributed by atoms with van der Waals surface area (Å²) in [4.78, 5) is 24.8. The van der Waals surface area contributed by atoms with E-state index in [1.54, 1.807) is 36.4 Å². The number of hydrogen-bond donors (Lipinski definition) is 1. The second-order valence-corrected chi connectivity index (χ2v) is 7.39. The standard InChI is InChI=1S/C20H13FN4O4S/c21-13-4-1-11(2-5-13)14-8-15-19(27)22-23-20(25(15)24-14)30-9-16(26)12-3-6-17-18(7-12)29-10-28-17/h1-8H,9-10H2,(H,22,27). The zero-order valence-electron chi connectivity index (χ0n) is 15.3. The lowest BCUT2D eigenvalue weighted by Gasteiger charge is -2.04. The van der Waals surface area contributed by atoms with E-state index in [-0.39, 0.29) is 29.7 Å². The first kappa shape index (κ1) is 18.4. The Hall–Kier alpha value is -3.66. The number of fused-ring (bicyclic) bond motifs is 2. The molecule has 2 aromatic heterocycles. The van der Waals surface area contributed by atoms with Crippen molar-refractivity contribution in [3.8, 4) is 22.8 Å². The van der Waals surface area contributed by atoms with Crippen LogP contribution in [0.4, 0.5) is 4.39 Å². The van der Waals surface area contributed by atoms with Crippen molar-refractivity contribution in [3.63, 3.8) is 0 Å². The summed E-state index contributed by atoms with van der Waals surface area (Å²) in [6, 6.07) is 12.4. The number of ketones is 1. The number of hydrogen-bond acceptors (Lipinski definition) is 7. The van der Waals surface area contributed by atoms with Crippen molar-refractivity contribution in [1.29, 1.82) is 0 Å². The molecule has 1 aliphatic rings. The first-order valence-corrected chi connectivity index (χ1v) is 9.87. The summed E-state index contributed by atoms with van der Waals surface area (Å²) in [5, 5.41) is 11.2. The van der Waals surface area contributed by atoms with Gasteiger partial charge < -0.3 is 9.47 Å². The molecule has 5 rings (SSSR count). The Balaban J connectivity index is 1.41. The van der Waals surface area contributed by atoms with Crippen molar-refractivity contribution in [2.24, 2.45) is 0 Å². The maximum absolute atomic E-state index is 13.2. The highest BCUT2D eigenvalue weighted by molar-refractivity contribution is 7.99. The molecular weight excluding hydrogens is 411 g/mol. The summed E-state index contributed by atoms with van der Waals surface area (Å²) < 4.78 is 25.1. The van der Waals surface area contributed by atoms with Crippen LogP contribution in [0.15, 0.2) is 58.5 Å². The minimum atomic E-state index is -0.415. The topological polar surface area (TPSA) is 98.6 Å². The molecule has 30 heavy (non-hydrogen) atoms. The molecule has 0 unspecified atom stereocenters. The van der Waals surface area contributed by atoms with Gasteiger partial charge in [-0.2, -0.15) is 5.10 Å². The van der Waals surface area contributed by atoms with Crippen LogP contribution >= 0.6 is 11.8 Å². The summed E-state index contributed by atoms with van der Waals surface area (Å²) in [7, 11) is 0. The summed E-state index contributed by atoms with van der Waals surface area (Å²) >= 11 is 1.14. The van der Waals surface area contributed by atoms with Gasteiger partial charge in [0.1, 0.15) is 11.3 Å². The summed E-state index contributed by atoms with van der Waals surface area (Å²) in [5.74, 6) is 0.727. The number of H-pyrrole nitrogens is 1. The van der Waals surface area contributed by atoms with E-state index >= 15 is 0 Å². The Bertz CT molecular complexity index is 1330. The lowest BCUT2D eigenvalue weighted by Crippen LogP contribution is -2.14. The van der Waals surface area contributed by atoms with Crippen molar-refractivity contribution >= 4 is 23.1 Å². The molecule has 0 amide bonds. The minimum Gasteiger partial charge on any atom is -0.454 e. The van der Waals surface area contributed by atoms with E-state index in [4.69, 9.17) is 9.47 Å². The normalized spacial score (nSPS) is 12.4. The number of nitrogens with one attached hydrogen (secondary N) is 1. The van der Waals surface area contributed by atoms with Gasteiger partial charge in [0.15, 0.2) is 17.3 Å². The van der Waals surface area contributed by atoms with Crippen LogP contribution in [0.2, 0.25) is 0 Å². The predicted molar refractivity (Wildman–Crippen MR) is 107 cm³/mol. The Morgan fingerprint density at radius 1 is 1.13 bits per heavy atom. The van der Waals surface area contributed by atoms with Crippen molar-refractivity contribution in [3.05, 3.63) is 70.3 Å². The smallest absolute Gasteiger partial charge is 0.290 e. The van der Waals surface area contributed by atoms with Crippen LogP contribution in [0.1, 0.15) is 10.4 Å². The van der Waals surface area contributed by atoms with E-state index in [2.05, 4.69) is 15.3 Å². The molecule has 0 saturated carbocycles. The van der Waals surface area contributed by atoms with Gasteiger partial charge in [0.05, 0.1) is 11.4 Å². The second kappa shape index (κ2) is 7.30. The SMILES string of the molecule is O=C(CSc1n[nH]c(=O)c2cc(-c3ccc(F)cc3)nn12)c1ccc2c(c1)OCO2. The molecule has 0 spiro atoms. The zero-order chi connectivity index (χ0) is 20.7. The van der Waals surface area contributed by atoms with Gasteiger partial charge in [0.2, 0.25) is 11.9 Å². The molecule has 0 atom stereocenters. The number of carbonyl (C=O) groups excluding carboxylic acids is 1. The molecule has 1 aliphatic heterocycles. The van der Waals surface area contributed by atoms with Crippen LogP contribution in [0.3, 0.4) is 0 Å². The summed E-state index contributed by atoms with van der Waals surface area (Å²) in [6.07, 6.45) is 0. The number of ether oxygens (including phenoxy) is 2. The predicted octanol–water partition coefficient (Wildman–Crippen LogP) is 2.93. The molecule has 10 heteroatoms. The Morgan fingerprint density at radius 3 is 2.77 bits per heavy atom. The number of thioether (sulfide) groups is 1. The molecule has 0 fully saturated rings. The number of benzene rings is 2. The number of carbonyl (C=O) groups is 1. The fraction of sp³-hybridized carbons (Fsp3) is 0.100. The third-order valence-electron chi connectivity index (χ3n) is 4.54.